The number of carbonyl (C=O) groups excluding carboxylic acids is 3. The molecule has 28 heteroatoms. The van der Waals surface area contributed by atoms with Crippen LogP contribution in [0.3, 0.4) is 0 Å². The van der Waals surface area contributed by atoms with Crippen molar-refractivity contribution in [2.24, 2.45) is 0 Å². The van der Waals surface area contributed by atoms with E-state index in [2.05, 4.69) is 0 Å². The number of aromatic hydroxyl groups is 2. The topological polar surface area (TPSA) is 392 Å². The molecular weight excluding hydrogens is 1070 g/mol. The van der Waals surface area contributed by atoms with Crippen LogP contribution in [0.1, 0.15) is 16.7 Å². The van der Waals surface area contributed by atoms with Gasteiger partial charge >= 0.3 is 17.9 Å². The van der Waals surface area contributed by atoms with Crippen molar-refractivity contribution in [2.75, 3.05) is 76.2 Å². The van der Waals surface area contributed by atoms with E-state index in [1.807, 2.05) is 0 Å². The number of carbonyl (C=O) groups is 3. The summed E-state index contributed by atoms with van der Waals surface area (Å²) in [5.41, 5.74) is 0.850. The van der Waals surface area contributed by atoms with Crippen molar-refractivity contribution in [3.63, 3.8) is 0 Å². The van der Waals surface area contributed by atoms with Crippen molar-refractivity contribution in [1.29, 1.82) is 0 Å². The van der Waals surface area contributed by atoms with Crippen molar-refractivity contribution in [1.82, 2.24) is 0 Å². The predicted molar refractivity (Wildman–Crippen MR) is 269 cm³/mol. The minimum atomic E-state index is -2.85. The number of phenolic OH excluding ortho intramolecular Hbond substituents is 2. The first-order valence-electron chi connectivity index (χ1n) is 24.1. The molecule has 440 valence electrons. The standard InChI is InChI=1S/C52H64O28/c1-66-27-14-24(15-28(67-2)39(27)59)8-11-36(56)73-22-35-42(62)44(64)48(78-50-45(65)43(63)41(61)33(20-53)74-50)51(75-35)80-52(23-55)49(77-38(58)13-10-26-18-31(70-5)46(72-7)32(19-26)71-6)47(34(21-54)79-52)76-37(57)12-9-25-16-29(68-3)40(60)30(17-25)69-4/h8-19,33-35,41-45,47-51,53-55,59-65H,20-23H2,1-7H3/b11-8-,12-9-,13-10+/t33-,34-,35-,41-,42-,43+,44+,45-,47-,48-,49+,50+,51-,52+/m1/s1. The summed E-state index contributed by atoms with van der Waals surface area (Å²) in [6.07, 6.45) is -19.5. The zero-order valence-corrected chi connectivity index (χ0v) is 44.1. The second kappa shape index (κ2) is 27.9. The maximum atomic E-state index is 14.0. The monoisotopic (exact) mass is 1140 g/mol. The second-order valence-corrected chi connectivity index (χ2v) is 17.6. The highest BCUT2D eigenvalue weighted by atomic mass is 16.8. The molecule has 3 aliphatic rings. The van der Waals surface area contributed by atoms with E-state index >= 15 is 0 Å². The Kier molecular flexibility index (Phi) is 21.7. The Bertz CT molecular complexity index is 2620. The summed E-state index contributed by atoms with van der Waals surface area (Å²) in [5, 5.41) is 108. The fourth-order valence-electron chi connectivity index (χ4n) is 8.61. The highest BCUT2D eigenvalue weighted by Crippen LogP contribution is 2.43. The molecule has 6 rings (SSSR count). The van der Waals surface area contributed by atoms with Crippen LogP contribution in [0.5, 0.6) is 51.7 Å². The summed E-state index contributed by atoms with van der Waals surface area (Å²) in [6.45, 7) is -4.22. The van der Waals surface area contributed by atoms with Crippen LogP contribution in [-0.2, 0) is 52.3 Å². The maximum Gasteiger partial charge on any atom is 0.331 e. The Labute approximate surface area is 456 Å². The van der Waals surface area contributed by atoms with E-state index in [1.165, 1.54) is 104 Å². The molecule has 3 heterocycles. The SMILES string of the molecule is COc1cc(/C=C\C(=O)OC[C@H]2O[C@H](O[C@]3(CO)O[C@H](CO)[C@@H](OC(=O)/C=C\c4cc(OC)c(O)c(OC)c4)[C@@H]3OC(=O)/C=C/c3cc(OC)c(OC)c(OC)c3)[C@H](O[C@@H]3O[C@H](CO)[C@@H](O)[C@H](O)[C@H]3O)[C@@H](O)[C@@H]2O)cc(OC)c1O. The number of benzene rings is 3. The van der Waals surface area contributed by atoms with Crippen LogP contribution in [0.25, 0.3) is 18.2 Å². The Hall–Kier alpha value is -7.03. The number of ether oxygens (including phenoxy) is 15. The molecule has 28 nitrogen and oxygen atoms in total. The van der Waals surface area contributed by atoms with Crippen LogP contribution in [-0.4, -0.2) is 231 Å². The molecule has 0 unspecified atom stereocenters. The predicted octanol–water partition coefficient (Wildman–Crippen LogP) is -1.31. The van der Waals surface area contributed by atoms with E-state index in [9.17, 15) is 65.4 Å². The molecule has 3 aromatic rings. The van der Waals surface area contributed by atoms with Gasteiger partial charge in [0.05, 0.1) is 63.0 Å². The molecule has 80 heavy (non-hydrogen) atoms. The first kappa shape index (κ1) is 62.2. The van der Waals surface area contributed by atoms with Crippen molar-refractivity contribution in [3.8, 4) is 51.7 Å². The van der Waals surface area contributed by atoms with Gasteiger partial charge in [-0.1, -0.05) is 0 Å². The van der Waals surface area contributed by atoms with Gasteiger partial charge in [-0.05, 0) is 71.3 Å². The average molecular weight is 1140 g/mol. The normalized spacial score (nSPS) is 28.6. The van der Waals surface area contributed by atoms with Gasteiger partial charge in [-0.25, -0.2) is 14.4 Å². The first-order valence-corrected chi connectivity index (χ1v) is 24.1. The van der Waals surface area contributed by atoms with Crippen LogP contribution in [0, 0.1) is 0 Å². The Morgan fingerprint density at radius 2 is 0.950 bits per heavy atom. The lowest BCUT2D eigenvalue weighted by Gasteiger charge is -2.47. The molecule has 0 aliphatic carbocycles. The molecule has 3 saturated heterocycles. The average Bonchev–Trinajstić information content (AvgIpc) is 3.78. The molecular formula is C52H64O28. The fraction of sp³-hybridized carbons (Fsp3) is 0.481. The highest BCUT2D eigenvalue weighted by molar-refractivity contribution is 5.89. The van der Waals surface area contributed by atoms with Crippen molar-refractivity contribution >= 4 is 36.1 Å². The van der Waals surface area contributed by atoms with Gasteiger partial charge in [-0.15, -0.1) is 0 Å². The van der Waals surface area contributed by atoms with Crippen molar-refractivity contribution < 1.29 is 137 Å². The zero-order chi connectivity index (χ0) is 58.6. The van der Waals surface area contributed by atoms with E-state index in [4.69, 9.17) is 71.1 Å². The largest absolute Gasteiger partial charge is 0.502 e. The van der Waals surface area contributed by atoms with Gasteiger partial charge in [0.1, 0.15) is 68.1 Å². The smallest absolute Gasteiger partial charge is 0.331 e. The summed E-state index contributed by atoms with van der Waals surface area (Å²) < 4.78 is 83.6. The quantitative estimate of drug-likeness (QED) is 0.0283. The molecule has 10 N–H and O–H groups in total. The number of aliphatic hydroxyl groups excluding tert-OH is 8. The van der Waals surface area contributed by atoms with Gasteiger partial charge in [-0.3, -0.25) is 0 Å². The number of esters is 3. The molecule has 0 spiro atoms. The van der Waals surface area contributed by atoms with E-state index in [0.29, 0.717) is 11.1 Å². The third-order valence-corrected chi connectivity index (χ3v) is 12.8. The number of phenols is 2. The van der Waals surface area contributed by atoms with Crippen LogP contribution < -0.4 is 33.2 Å². The van der Waals surface area contributed by atoms with Crippen molar-refractivity contribution in [2.45, 2.75) is 85.5 Å². The van der Waals surface area contributed by atoms with Gasteiger partial charge in [0, 0.05) is 18.2 Å². The molecule has 0 bridgehead atoms. The van der Waals surface area contributed by atoms with E-state index in [1.54, 1.807) is 0 Å². The number of methoxy groups -OCH3 is 7. The lowest BCUT2D eigenvalue weighted by atomic mass is 9.97. The minimum Gasteiger partial charge on any atom is -0.502 e. The summed E-state index contributed by atoms with van der Waals surface area (Å²) >= 11 is 0. The molecule has 14 atom stereocenters. The summed E-state index contributed by atoms with van der Waals surface area (Å²) in [7, 11) is 9.23. The summed E-state index contributed by atoms with van der Waals surface area (Å²) in [4.78, 5) is 40.9. The third kappa shape index (κ3) is 13.9. The highest BCUT2D eigenvalue weighted by Gasteiger charge is 2.63. The van der Waals surface area contributed by atoms with Crippen LogP contribution in [0.2, 0.25) is 0 Å². The first-order chi connectivity index (χ1) is 38.3. The van der Waals surface area contributed by atoms with Gasteiger partial charge in [0.25, 0.3) is 0 Å². The Morgan fingerprint density at radius 1 is 0.512 bits per heavy atom. The van der Waals surface area contributed by atoms with Gasteiger partial charge in [0.2, 0.25) is 23.0 Å². The number of aliphatic hydroxyl groups is 8. The molecule has 0 amide bonds. The summed E-state index contributed by atoms with van der Waals surface area (Å²) in [6, 6.07) is 8.41. The second-order valence-electron chi connectivity index (χ2n) is 17.6. The van der Waals surface area contributed by atoms with E-state index in [-0.39, 0.29) is 57.3 Å². The van der Waals surface area contributed by atoms with Gasteiger partial charge in [0.15, 0.2) is 59.3 Å². The molecule has 3 fully saturated rings. The third-order valence-electron chi connectivity index (χ3n) is 12.8. The molecule has 3 aliphatic heterocycles. The summed E-state index contributed by atoms with van der Waals surface area (Å²) in [5.74, 6) is -6.38. The van der Waals surface area contributed by atoms with E-state index < -0.39 is 130 Å². The van der Waals surface area contributed by atoms with Crippen LogP contribution in [0.4, 0.5) is 0 Å². The Balaban J connectivity index is 1.38. The van der Waals surface area contributed by atoms with Crippen LogP contribution in [0.15, 0.2) is 54.6 Å². The van der Waals surface area contributed by atoms with E-state index in [0.717, 1.165) is 18.2 Å². The lowest BCUT2D eigenvalue weighted by molar-refractivity contribution is -0.408. The zero-order valence-electron chi connectivity index (χ0n) is 44.1. The maximum absolute atomic E-state index is 14.0. The molecule has 0 radical (unpaired) electrons. The Morgan fingerprint density at radius 3 is 1.40 bits per heavy atom. The molecule has 3 aromatic carbocycles. The van der Waals surface area contributed by atoms with Crippen molar-refractivity contribution in [3.05, 3.63) is 71.3 Å². The fourth-order valence-corrected chi connectivity index (χ4v) is 8.61. The van der Waals surface area contributed by atoms with Crippen LogP contribution >= 0.6 is 0 Å². The molecule has 0 aromatic heterocycles. The number of hydrogen-bond donors (Lipinski definition) is 10. The lowest BCUT2D eigenvalue weighted by Crippen LogP contribution is -2.66. The number of rotatable bonds is 24. The molecule has 0 saturated carbocycles. The minimum absolute atomic E-state index is 0.00706. The van der Waals surface area contributed by atoms with Gasteiger partial charge in [-0.2, -0.15) is 0 Å². The van der Waals surface area contributed by atoms with Gasteiger partial charge < -0.3 is 122 Å². The number of hydrogen-bond acceptors (Lipinski definition) is 28.